The highest BCUT2D eigenvalue weighted by Crippen LogP contribution is 2.37. The maximum absolute atomic E-state index is 9.29. The third-order valence-corrected chi connectivity index (χ3v) is 3.89. The van der Waals surface area contributed by atoms with Gasteiger partial charge in [0.05, 0.1) is 0 Å². The van der Waals surface area contributed by atoms with E-state index in [9.17, 15) is 5.11 Å². The SMILES string of the molecule is OCC(CO)CC1CC(CO)CCC1CO. The van der Waals surface area contributed by atoms with Crippen LogP contribution in [0.2, 0.25) is 0 Å². The molecule has 4 heteroatoms. The molecule has 0 bridgehead atoms. The van der Waals surface area contributed by atoms with Gasteiger partial charge in [0, 0.05) is 32.3 Å². The second-order valence-corrected chi connectivity index (χ2v) is 5.03. The van der Waals surface area contributed by atoms with E-state index in [2.05, 4.69) is 0 Å². The highest BCUT2D eigenvalue weighted by Gasteiger charge is 2.31. The van der Waals surface area contributed by atoms with Crippen molar-refractivity contribution in [1.82, 2.24) is 0 Å². The molecule has 0 saturated heterocycles. The molecule has 1 aliphatic rings. The summed E-state index contributed by atoms with van der Waals surface area (Å²) < 4.78 is 0. The molecule has 0 aliphatic heterocycles. The first-order valence-electron chi connectivity index (χ1n) is 6.18. The Morgan fingerprint density at radius 1 is 0.875 bits per heavy atom. The van der Waals surface area contributed by atoms with Crippen molar-refractivity contribution in [2.24, 2.45) is 23.7 Å². The number of aliphatic hydroxyl groups is 4. The molecular formula is C12H24O4. The fraction of sp³-hybridized carbons (Fsp3) is 1.00. The minimum Gasteiger partial charge on any atom is -0.396 e. The Labute approximate surface area is 96.9 Å². The number of hydrogen-bond donors (Lipinski definition) is 4. The first-order chi connectivity index (χ1) is 7.74. The van der Waals surface area contributed by atoms with Crippen LogP contribution in [0.5, 0.6) is 0 Å². The molecule has 3 unspecified atom stereocenters. The zero-order chi connectivity index (χ0) is 12.0. The smallest absolute Gasteiger partial charge is 0.0481 e. The molecule has 4 nitrogen and oxygen atoms in total. The quantitative estimate of drug-likeness (QED) is 0.519. The molecule has 0 radical (unpaired) electrons. The van der Waals surface area contributed by atoms with Gasteiger partial charge in [0.25, 0.3) is 0 Å². The zero-order valence-corrected chi connectivity index (χ0v) is 9.76. The summed E-state index contributed by atoms with van der Waals surface area (Å²) in [6.07, 6.45) is 3.56. The Morgan fingerprint density at radius 2 is 1.56 bits per heavy atom. The number of rotatable bonds is 6. The summed E-state index contributed by atoms with van der Waals surface area (Å²) in [7, 11) is 0. The molecule has 16 heavy (non-hydrogen) atoms. The molecule has 0 aromatic heterocycles. The first-order valence-corrected chi connectivity index (χ1v) is 6.18. The van der Waals surface area contributed by atoms with Gasteiger partial charge in [-0.05, 0) is 43.4 Å². The topological polar surface area (TPSA) is 80.9 Å². The first kappa shape index (κ1) is 13.9. The summed E-state index contributed by atoms with van der Waals surface area (Å²) >= 11 is 0. The number of hydrogen-bond acceptors (Lipinski definition) is 4. The van der Waals surface area contributed by atoms with E-state index >= 15 is 0 Å². The van der Waals surface area contributed by atoms with Gasteiger partial charge in [-0.1, -0.05) is 0 Å². The molecule has 1 aliphatic carbocycles. The van der Waals surface area contributed by atoms with Crippen molar-refractivity contribution < 1.29 is 20.4 Å². The van der Waals surface area contributed by atoms with Gasteiger partial charge in [-0.2, -0.15) is 0 Å². The zero-order valence-electron chi connectivity index (χ0n) is 9.76. The fourth-order valence-electron chi connectivity index (χ4n) is 2.75. The van der Waals surface area contributed by atoms with Crippen LogP contribution >= 0.6 is 0 Å². The largest absolute Gasteiger partial charge is 0.396 e. The van der Waals surface area contributed by atoms with Crippen LogP contribution in [0.15, 0.2) is 0 Å². The summed E-state index contributed by atoms with van der Waals surface area (Å²) in [6.45, 7) is 0.369. The van der Waals surface area contributed by atoms with E-state index in [0.29, 0.717) is 11.8 Å². The van der Waals surface area contributed by atoms with Gasteiger partial charge in [-0.3, -0.25) is 0 Å². The van der Waals surface area contributed by atoms with E-state index in [0.717, 1.165) is 25.7 Å². The second kappa shape index (κ2) is 7.22. The van der Waals surface area contributed by atoms with Gasteiger partial charge < -0.3 is 20.4 Å². The monoisotopic (exact) mass is 232 g/mol. The predicted molar refractivity (Wildman–Crippen MR) is 60.8 cm³/mol. The summed E-state index contributed by atoms with van der Waals surface area (Å²) in [5.74, 6) is 0.825. The van der Waals surface area contributed by atoms with E-state index in [1.54, 1.807) is 0 Å². The molecule has 4 N–H and O–H groups in total. The molecule has 0 spiro atoms. The van der Waals surface area contributed by atoms with Crippen molar-refractivity contribution in [3.63, 3.8) is 0 Å². The highest BCUT2D eigenvalue weighted by atomic mass is 16.3. The van der Waals surface area contributed by atoms with Gasteiger partial charge in [0.15, 0.2) is 0 Å². The Morgan fingerprint density at radius 3 is 2.06 bits per heavy atom. The predicted octanol–water partition coefficient (Wildman–Crippen LogP) is -0.00560. The molecule has 0 aromatic rings. The average Bonchev–Trinajstić information content (AvgIpc) is 2.35. The maximum Gasteiger partial charge on any atom is 0.0481 e. The Hall–Kier alpha value is -0.160. The summed E-state index contributed by atoms with van der Waals surface area (Å²) in [6, 6.07) is 0. The van der Waals surface area contributed by atoms with E-state index < -0.39 is 0 Å². The van der Waals surface area contributed by atoms with Crippen LogP contribution in [0.1, 0.15) is 25.7 Å². The van der Waals surface area contributed by atoms with Crippen molar-refractivity contribution in [3.05, 3.63) is 0 Å². The maximum atomic E-state index is 9.29. The van der Waals surface area contributed by atoms with Gasteiger partial charge >= 0.3 is 0 Å². The minimum atomic E-state index is -0.0866. The van der Waals surface area contributed by atoms with Gasteiger partial charge in [-0.25, -0.2) is 0 Å². The summed E-state index contributed by atoms with van der Waals surface area (Å²) in [5.41, 5.74) is 0. The molecule has 1 saturated carbocycles. The normalized spacial score (nSPS) is 30.9. The molecule has 0 amide bonds. The van der Waals surface area contributed by atoms with E-state index in [-0.39, 0.29) is 38.3 Å². The van der Waals surface area contributed by atoms with Crippen molar-refractivity contribution in [3.8, 4) is 0 Å². The second-order valence-electron chi connectivity index (χ2n) is 5.03. The van der Waals surface area contributed by atoms with Crippen LogP contribution < -0.4 is 0 Å². The van der Waals surface area contributed by atoms with Gasteiger partial charge in [0.1, 0.15) is 0 Å². The fourth-order valence-corrected chi connectivity index (χ4v) is 2.75. The lowest BCUT2D eigenvalue weighted by atomic mass is 9.71. The van der Waals surface area contributed by atoms with Crippen LogP contribution in [0.3, 0.4) is 0 Å². The lowest BCUT2D eigenvalue weighted by Gasteiger charge is -2.36. The summed E-state index contributed by atoms with van der Waals surface area (Å²) in [4.78, 5) is 0. The van der Waals surface area contributed by atoms with Crippen molar-refractivity contribution >= 4 is 0 Å². The highest BCUT2D eigenvalue weighted by molar-refractivity contribution is 4.81. The van der Waals surface area contributed by atoms with Crippen molar-refractivity contribution in [2.75, 3.05) is 26.4 Å². The average molecular weight is 232 g/mol. The van der Waals surface area contributed by atoms with E-state index in [1.807, 2.05) is 0 Å². The van der Waals surface area contributed by atoms with Crippen LogP contribution in [0.4, 0.5) is 0 Å². The van der Waals surface area contributed by atoms with E-state index in [1.165, 1.54) is 0 Å². The Kier molecular flexibility index (Phi) is 6.28. The number of aliphatic hydroxyl groups excluding tert-OH is 4. The van der Waals surface area contributed by atoms with Crippen LogP contribution in [-0.4, -0.2) is 46.9 Å². The molecular weight excluding hydrogens is 208 g/mol. The molecule has 0 heterocycles. The van der Waals surface area contributed by atoms with Crippen LogP contribution in [-0.2, 0) is 0 Å². The Bertz CT molecular complexity index is 182. The third-order valence-electron chi connectivity index (χ3n) is 3.89. The Balaban J connectivity index is 2.50. The third kappa shape index (κ3) is 3.70. The molecule has 0 aromatic carbocycles. The van der Waals surface area contributed by atoms with E-state index in [4.69, 9.17) is 15.3 Å². The minimum absolute atomic E-state index is 0.00502. The van der Waals surface area contributed by atoms with Crippen molar-refractivity contribution in [1.29, 1.82) is 0 Å². The van der Waals surface area contributed by atoms with Crippen molar-refractivity contribution in [2.45, 2.75) is 25.7 Å². The standard InChI is InChI=1S/C12H24O4/c13-5-9-1-2-11(8-16)12(3-9)4-10(6-14)7-15/h9-16H,1-8H2. The lowest BCUT2D eigenvalue weighted by molar-refractivity contribution is 0.0486. The van der Waals surface area contributed by atoms with Crippen LogP contribution in [0.25, 0.3) is 0 Å². The molecule has 3 atom stereocenters. The van der Waals surface area contributed by atoms with Gasteiger partial charge in [0.2, 0.25) is 0 Å². The van der Waals surface area contributed by atoms with Crippen LogP contribution in [0, 0.1) is 23.7 Å². The summed E-state index contributed by atoms with van der Waals surface area (Å²) in [5, 5.41) is 36.6. The lowest BCUT2D eigenvalue weighted by Crippen LogP contribution is -2.31. The molecule has 1 rings (SSSR count). The van der Waals surface area contributed by atoms with Gasteiger partial charge in [-0.15, -0.1) is 0 Å². The molecule has 96 valence electrons. The molecule has 1 fully saturated rings.